The van der Waals surface area contributed by atoms with Gasteiger partial charge in [0.15, 0.2) is 0 Å². The molecule has 0 aromatic carbocycles. The van der Waals surface area contributed by atoms with Gasteiger partial charge in [-0.2, -0.15) is 5.10 Å². The number of aromatic nitrogens is 2. The quantitative estimate of drug-likeness (QED) is 0.839. The first-order valence-corrected chi connectivity index (χ1v) is 6.17. The number of nitrogens with zero attached hydrogens (tertiary/aromatic N) is 2. The van der Waals surface area contributed by atoms with Crippen molar-refractivity contribution < 1.29 is 14.7 Å². The van der Waals surface area contributed by atoms with Gasteiger partial charge >= 0.3 is 5.97 Å². The van der Waals surface area contributed by atoms with E-state index in [2.05, 4.69) is 10.2 Å². The fourth-order valence-corrected chi connectivity index (χ4v) is 2.36. The molecule has 98 valence electrons. The fourth-order valence-electron chi connectivity index (χ4n) is 2.36. The van der Waals surface area contributed by atoms with Crippen molar-refractivity contribution in [2.24, 2.45) is 5.92 Å². The van der Waals surface area contributed by atoms with Gasteiger partial charge in [-0.1, -0.05) is 0 Å². The molecular formula is C12H17N3O3. The van der Waals surface area contributed by atoms with Gasteiger partial charge in [0.2, 0.25) is 0 Å². The van der Waals surface area contributed by atoms with Crippen molar-refractivity contribution in [3.8, 4) is 0 Å². The molecule has 1 aliphatic heterocycles. The average Bonchev–Trinajstić information content (AvgIpc) is 2.89. The normalized spacial score (nSPS) is 19.8. The van der Waals surface area contributed by atoms with Gasteiger partial charge in [-0.25, -0.2) is 0 Å². The number of H-pyrrole nitrogens is 1. The third-order valence-electron chi connectivity index (χ3n) is 3.30. The highest BCUT2D eigenvalue weighted by Crippen LogP contribution is 2.22. The van der Waals surface area contributed by atoms with Crippen LogP contribution in [0.3, 0.4) is 0 Å². The first-order chi connectivity index (χ1) is 8.66. The van der Waals surface area contributed by atoms with E-state index in [4.69, 9.17) is 5.11 Å². The highest BCUT2D eigenvalue weighted by molar-refractivity contribution is 5.92. The third kappa shape index (κ3) is 3.09. The monoisotopic (exact) mass is 251 g/mol. The summed E-state index contributed by atoms with van der Waals surface area (Å²) >= 11 is 0. The van der Waals surface area contributed by atoms with Gasteiger partial charge in [-0.3, -0.25) is 14.7 Å². The Morgan fingerprint density at radius 2 is 2.39 bits per heavy atom. The summed E-state index contributed by atoms with van der Waals surface area (Å²) in [6.45, 7) is 1.38. The van der Waals surface area contributed by atoms with E-state index < -0.39 is 5.97 Å². The van der Waals surface area contributed by atoms with Gasteiger partial charge in [-0.05, 0) is 31.2 Å². The Bertz CT molecular complexity index is 416. The van der Waals surface area contributed by atoms with Crippen LogP contribution in [0.2, 0.25) is 0 Å². The topological polar surface area (TPSA) is 86.3 Å². The second kappa shape index (κ2) is 5.66. The van der Waals surface area contributed by atoms with Crippen molar-refractivity contribution in [3.05, 3.63) is 18.0 Å². The van der Waals surface area contributed by atoms with E-state index in [1.54, 1.807) is 17.2 Å². The van der Waals surface area contributed by atoms with Gasteiger partial charge < -0.3 is 10.0 Å². The van der Waals surface area contributed by atoms with E-state index in [9.17, 15) is 9.59 Å². The van der Waals surface area contributed by atoms with E-state index in [0.29, 0.717) is 24.6 Å². The number of hydrogen-bond donors (Lipinski definition) is 2. The molecule has 0 spiro atoms. The lowest BCUT2D eigenvalue weighted by Crippen LogP contribution is -2.40. The fraction of sp³-hybridized carbons (Fsp3) is 0.583. The molecule has 0 bridgehead atoms. The minimum Gasteiger partial charge on any atom is -0.481 e. The highest BCUT2D eigenvalue weighted by Gasteiger charge is 2.25. The smallest absolute Gasteiger partial charge is 0.303 e. The highest BCUT2D eigenvalue weighted by atomic mass is 16.4. The molecule has 2 heterocycles. The minimum atomic E-state index is -0.771. The lowest BCUT2D eigenvalue weighted by molar-refractivity contribution is -0.137. The molecule has 6 nitrogen and oxygen atoms in total. The first-order valence-electron chi connectivity index (χ1n) is 6.17. The number of aliphatic carboxylic acids is 1. The van der Waals surface area contributed by atoms with E-state index >= 15 is 0 Å². The molecule has 1 aliphatic rings. The first kappa shape index (κ1) is 12.6. The molecule has 1 aromatic heterocycles. The third-order valence-corrected chi connectivity index (χ3v) is 3.30. The molecule has 1 aromatic rings. The Morgan fingerprint density at radius 3 is 3.06 bits per heavy atom. The standard InChI is InChI=1S/C12H17N3O3/c16-11(17)4-3-9-2-1-7-15(8-9)12(18)10-5-6-13-14-10/h5-6,9H,1-4,7-8H2,(H,13,14)(H,16,17). The van der Waals surface area contributed by atoms with Crippen LogP contribution in [0.5, 0.6) is 0 Å². The van der Waals surface area contributed by atoms with Crippen LogP contribution in [-0.4, -0.2) is 45.2 Å². The number of nitrogens with one attached hydrogen (secondary N) is 1. The number of carboxylic acid groups (broad SMARTS) is 1. The number of amides is 1. The summed E-state index contributed by atoms with van der Waals surface area (Å²) in [5, 5.41) is 15.1. The number of carbonyl (C=O) groups is 2. The summed E-state index contributed by atoms with van der Waals surface area (Å²) in [4.78, 5) is 24.4. The number of rotatable bonds is 4. The molecule has 0 radical (unpaired) electrons. The Labute approximate surface area is 105 Å². The Morgan fingerprint density at radius 1 is 1.56 bits per heavy atom. The zero-order valence-corrected chi connectivity index (χ0v) is 10.1. The van der Waals surface area contributed by atoms with Crippen molar-refractivity contribution in [2.45, 2.75) is 25.7 Å². The molecule has 1 saturated heterocycles. The van der Waals surface area contributed by atoms with E-state index in [0.717, 1.165) is 19.4 Å². The van der Waals surface area contributed by atoms with Crippen molar-refractivity contribution in [3.63, 3.8) is 0 Å². The van der Waals surface area contributed by atoms with Crippen LogP contribution in [0.15, 0.2) is 12.3 Å². The molecule has 2 N–H and O–H groups in total. The Hall–Kier alpha value is -1.85. The van der Waals surface area contributed by atoms with Gasteiger partial charge in [-0.15, -0.1) is 0 Å². The lowest BCUT2D eigenvalue weighted by Gasteiger charge is -2.32. The maximum Gasteiger partial charge on any atom is 0.303 e. The second-order valence-corrected chi connectivity index (χ2v) is 4.66. The maximum atomic E-state index is 12.1. The summed E-state index contributed by atoms with van der Waals surface area (Å²) in [6.07, 6.45) is 4.31. The average molecular weight is 251 g/mol. The van der Waals surface area contributed by atoms with Crippen molar-refractivity contribution in [1.29, 1.82) is 0 Å². The van der Waals surface area contributed by atoms with Gasteiger partial charge in [0.1, 0.15) is 5.69 Å². The SMILES string of the molecule is O=C(O)CCC1CCCN(C(=O)c2ccn[nH]2)C1. The van der Waals surface area contributed by atoms with Gasteiger partial charge in [0.05, 0.1) is 0 Å². The van der Waals surface area contributed by atoms with Crippen LogP contribution in [0.25, 0.3) is 0 Å². The van der Waals surface area contributed by atoms with Crippen LogP contribution in [0.4, 0.5) is 0 Å². The van der Waals surface area contributed by atoms with Crippen molar-refractivity contribution in [2.75, 3.05) is 13.1 Å². The van der Waals surface area contributed by atoms with Crippen LogP contribution in [0.1, 0.15) is 36.2 Å². The summed E-state index contributed by atoms with van der Waals surface area (Å²) in [5.74, 6) is -0.527. The Kier molecular flexibility index (Phi) is 3.96. The molecule has 1 atom stereocenters. The van der Waals surface area contributed by atoms with Crippen LogP contribution in [-0.2, 0) is 4.79 Å². The largest absolute Gasteiger partial charge is 0.481 e. The number of likely N-dealkylation sites (tertiary alicyclic amines) is 1. The number of hydrogen-bond acceptors (Lipinski definition) is 3. The predicted molar refractivity (Wildman–Crippen MR) is 64.1 cm³/mol. The van der Waals surface area contributed by atoms with Crippen LogP contribution >= 0.6 is 0 Å². The molecule has 0 aliphatic carbocycles. The summed E-state index contributed by atoms with van der Waals surface area (Å²) in [6, 6.07) is 1.66. The maximum absolute atomic E-state index is 12.1. The summed E-state index contributed by atoms with van der Waals surface area (Å²) < 4.78 is 0. The minimum absolute atomic E-state index is 0.0486. The number of aromatic amines is 1. The van der Waals surface area contributed by atoms with Crippen LogP contribution in [0, 0.1) is 5.92 Å². The van der Waals surface area contributed by atoms with Crippen molar-refractivity contribution in [1.82, 2.24) is 15.1 Å². The lowest BCUT2D eigenvalue weighted by atomic mass is 9.93. The second-order valence-electron chi connectivity index (χ2n) is 4.66. The molecule has 1 amide bonds. The summed E-state index contributed by atoms with van der Waals surface area (Å²) in [7, 11) is 0. The molecule has 2 rings (SSSR count). The van der Waals surface area contributed by atoms with E-state index in [1.165, 1.54) is 0 Å². The number of carbonyl (C=O) groups excluding carboxylic acids is 1. The van der Waals surface area contributed by atoms with Gasteiger partial charge in [0, 0.05) is 25.7 Å². The molecule has 6 heteroatoms. The molecule has 1 fully saturated rings. The Balaban J connectivity index is 1.90. The van der Waals surface area contributed by atoms with Crippen LogP contribution < -0.4 is 0 Å². The zero-order chi connectivity index (χ0) is 13.0. The molecule has 18 heavy (non-hydrogen) atoms. The predicted octanol–water partition coefficient (Wildman–Crippen LogP) is 1.13. The van der Waals surface area contributed by atoms with Crippen molar-refractivity contribution >= 4 is 11.9 Å². The molecule has 1 unspecified atom stereocenters. The molecular weight excluding hydrogens is 234 g/mol. The zero-order valence-electron chi connectivity index (χ0n) is 10.1. The van der Waals surface area contributed by atoms with E-state index in [-0.39, 0.29) is 12.3 Å². The van der Waals surface area contributed by atoms with E-state index in [1.807, 2.05) is 0 Å². The number of carboxylic acids is 1. The van der Waals surface area contributed by atoms with Gasteiger partial charge in [0.25, 0.3) is 5.91 Å². The molecule has 0 saturated carbocycles. The summed E-state index contributed by atoms with van der Waals surface area (Å²) in [5.41, 5.74) is 0.494. The number of piperidine rings is 1.